The Morgan fingerprint density at radius 1 is 0.964 bits per heavy atom. The first-order chi connectivity index (χ1) is 13.5. The molecule has 0 spiro atoms. The van der Waals surface area contributed by atoms with Gasteiger partial charge >= 0.3 is 0 Å². The molecule has 1 atom stereocenters. The van der Waals surface area contributed by atoms with Gasteiger partial charge in [-0.1, -0.05) is 57.0 Å². The Balaban J connectivity index is 1.55. The van der Waals surface area contributed by atoms with Crippen LogP contribution in [-0.4, -0.2) is 0 Å². The molecule has 0 amide bonds. The van der Waals surface area contributed by atoms with E-state index in [4.69, 9.17) is 0 Å². The normalized spacial score (nSPS) is 20.9. The molecule has 152 valence electrons. The number of hydrogen-bond donors (Lipinski definition) is 0. The highest BCUT2D eigenvalue weighted by Gasteiger charge is 2.25. The number of hydrogen-bond acceptors (Lipinski definition) is 0. The molecule has 1 aliphatic rings. The maximum atomic E-state index is 14.3. The third kappa shape index (κ3) is 5.25. The van der Waals surface area contributed by atoms with Crippen LogP contribution in [0.5, 0.6) is 0 Å². The van der Waals surface area contributed by atoms with Crippen LogP contribution in [0, 0.1) is 31.5 Å². The van der Waals surface area contributed by atoms with E-state index in [0.717, 1.165) is 47.3 Å². The van der Waals surface area contributed by atoms with Crippen LogP contribution in [0.1, 0.15) is 86.1 Å². The summed E-state index contributed by atoms with van der Waals surface area (Å²) in [5.74, 6) is 2.50. The molecule has 2 aromatic rings. The summed E-state index contributed by atoms with van der Waals surface area (Å²) in [6.07, 6.45) is 9.83. The van der Waals surface area contributed by atoms with Crippen molar-refractivity contribution in [3.8, 4) is 0 Å². The first kappa shape index (κ1) is 21.1. The van der Waals surface area contributed by atoms with E-state index in [2.05, 4.69) is 44.2 Å². The fourth-order valence-electron chi connectivity index (χ4n) is 5.20. The summed E-state index contributed by atoms with van der Waals surface area (Å²) in [5, 5.41) is 0. The largest absolute Gasteiger partial charge is 0.207 e. The van der Waals surface area contributed by atoms with Crippen molar-refractivity contribution in [1.82, 2.24) is 0 Å². The number of rotatable bonds is 7. The molecule has 1 heteroatoms. The van der Waals surface area contributed by atoms with E-state index in [0.29, 0.717) is 0 Å². The zero-order chi connectivity index (χ0) is 20.1. The number of aryl methyl sites for hydroxylation is 3. The summed E-state index contributed by atoms with van der Waals surface area (Å²) < 4.78 is 14.3. The van der Waals surface area contributed by atoms with Gasteiger partial charge in [-0.05, 0) is 104 Å². The van der Waals surface area contributed by atoms with Gasteiger partial charge in [-0.15, -0.1) is 0 Å². The van der Waals surface area contributed by atoms with Crippen molar-refractivity contribution in [3.63, 3.8) is 0 Å². The highest BCUT2D eigenvalue weighted by Crippen LogP contribution is 2.39. The SMILES string of the molecule is CCCC(C)C1CCC(c2ccc(CCc3c(C)cc(C)cc3F)cc2)CC1. The van der Waals surface area contributed by atoms with E-state index in [1.807, 2.05) is 13.8 Å². The van der Waals surface area contributed by atoms with Gasteiger partial charge in [0.2, 0.25) is 0 Å². The summed E-state index contributed by atoms with van der Waals surface area (Å²) >= 11 is 0. The molecule has 0 bridgehead atoms. The standard InChI is InChI=1S/C27H37F/c1-5-6-20(3)23-12-14-25(15-13-23)24-10-7-22(8-11-24)9-16-26-21(4)17-19(2)18-27(26)28/h7-8,10-11,17-18,20,23,25H,5-6,9,12-16H2,1-4H3. The van der Waals surface area contributed by atoms with Crippen molar-refractivity contribution in [2.75, 3.05) is 0 Å². The van der Waals surface area contributed by atoms with Gasteiger partial charge in [0.15, 0.2) is 0 Å². The van der Waals surface area contributed by atoms with Gasteiger partial charge in [-0.3, -0.25) is 0 Å². The molecule has 2 aromatic carbocycles. The Bertz CT molecular complexity index is 727. The lowest BCUT2D eigenvalue weighted by atomic mass is 9.73. The molecule has 0 heterocycles. The van der Waals surface area contributed by atoms with E-state index in [1.54, 1.807) is 6.07 Å². The maximum absolute atomic E-state index is 14.3. The van der Waals surface area contributed by atoms with Crippen LogP contribution in [0.15, 0.2) is 36.4 Å². The Hall–Kier alpha value is -1.63. The molecule has 0 aromatic heterocycles. The van der Waals surface area contributed by atoms with E-state index in [9.17, 15) is 4.39 Å². The van der Waals surface area contributed by atoms with Gasteiger partial charge in [0.1, 0.15) is 5.82 Å². The fraction of sp³-hybridized carbons (Fsp3) is 0.556. The fourth-order valence-corrected chi connectivity index (χ4v) is 5.20. The first-order valence-corrected chi connectivity index (χ1v) is 11.3. The molecule has 3 rings (SSSR count). The Labute approximate surface area is 171 Å². The first-order valence-electron chi connectivity index (χ1n) is 11.3. The topological polar surface area (TPSA) is 0 Å². The lowest BCUT2D eigenvalue weighted by Crippen LogP contribution is -2.19. The summed E-state index contributed by atoms with van der Waals surface area (Å²) in [5.41, 5.74) is 5.76. The van der Waals surface area contributed by atoms with Crippen LogP contribution >= 0.6 is 0 Å². The number of benzene rings is 2. The minimum absolute atomic E-state index is 0.0526. The van der Waals surface area contributed by atoms with Gasteiger partial charge in [0.05, 0.1) is 0 Å². The monoisotopic (exact) mass is 380 g/mol. The minimum atomic E-state index is -0.0526. The van der Waals surface area contributed by atoms with Crippen LogP contribution in [-0.2, 0) is 12.8 Å². The van der Waals surface area contributed by atoms with Gasteiger partial charge < -0.3 is 0 Å². The van der Waals surface area contributed by atoms with Gasteiger partial charge in [0, 0.05) is 0 Å². The van der Waals surface area contributed by atoms with E-state index < -0.39 is 0 Å². The van der Waals surface area contributed by atoms with Crippen molar-refractivity contribution in [2.24, 2.45) is 11.8 Å². The molecule has 1 fully saturated rings. The van der Waals surface area contributed by atoms with Crippen molar-refractivity contribution in [1.29, 1.82) is 0 Å². The van der Waals surface area contributed by atoms with Crippen LogP contribution in [0.2, 0.25) is 0 Å². The predicted molar refractivity (Wildman–Crippen MR) is 118 cm³/mol. The third-order valence-electron chi connectivity index (χ3n) is 7.00. The summed E-state index contributed by atoms with van der Waals surface area (Å²) in [6, 6.07) is 12.9. The highest BCUT2D eigenvalue weighted by atomic mass is 19.1. The molecule has 28 heavy (non-hydrogen) atoms. The lowest BCUT2D eigenvalue weighted by molar-refractivity contribution is 0.235. The summed E-state index contributed by atoms with van der Waals surface area (Å²) in [6.45, 7) is 8.73. The molecule has 0 saturated heterocycles. The molecule has 0 radical (unpaired) electrons. The molecule has 1 aliphatic carbocycles. The minimum Gasteiger partial charge on any atom is -0.207 e. The maximum Gasteiger partial charge on any atom is 0.126 e. The Kier molecular flexibility index (Phi) is 7.32. The van der Waals surface area contributed by atoms with Crippen LogP contribution in [0.4, 0.5) is 4.39 Å². The predicted octanol–water partition coefficient (Wildman–Crippen LogP) is 7.94. The van der Waals surface area contributed by atoms with Crippen LogP contribution < -0.4 is 0 Å². The van der Waals surface area contributed by atoms with Gasteiger partial charge in [0.25, 0.3) is 0 Å². The highest BCUT2D eigenvalue weighted by molar-refractivity contribution is 5.33. The summed E-state index contributed by atoms with van der Waals surface area (Å²) in [7, 11) is 0. The molecular formula is C27H37F. The van der Waals surface area contributed by atoms with Crippen molar-refractivity contribution in [3.05, 3.63) is 70.0 Å². The lowest BCUT2D eigenvalue weighted by Gasteiger charge is -2.32. The quantitative estimate of drug-likeness (QED) is 0.457. The van der Waals surface area contributed by atoms with E-state index >= 15 is 0 Å². The molecule has 0 aliphatic heterocycles. The smallest absolute Gasteiger partial charge is 0.126 e. The molecule has 0 nitrogen and oxygen atoms in total. The molecule has 1 unspecified atom stereocenters. The number of halogens is 1. The third-order valence-corrected chi connectivity index (χ3v) is 7.00. The average Bonchev–Trinajstić information content (AvgIpc) is 2.68. The van der Waals surface area contributed by atoms with Crippen LogP contribution in [0.25, 0.3) is 0 Å². The van der Waals surface area contributed by atoms with E-state index in [-0.39, 0.29) is 5.82 Å². The Morgan fingerprint density at radius 2 is 1.64 bits per heavy atom. The second kappa shape index (κ2) is 9.72. The second-order valence-corrected chi connectivity index (χ2v) is 9.16. The van der Waals surface area contributed by atoms with Gasteiger partial charge in [-0.25, -0.2) is 4.39 Å². The molecule has 1 saturated carbocycles. The molecular weight excluding hydrogens is 343 g/mol. The van der Waals surface area contributed by atoms with Crippen LogP contribution in [0.3, 0.4) is 0 Å². The zero-order valence-corrected chi connectivity index (χ0v) is 18.2. The average molecular weight is 381 g/mol. The zero-order valence-electron chi connectivity index (χ0n) is 18.2. The summed E-state index contributed by atoms with van der Waals surface area (Å²) in [4.78, 5) is 0. The van der Waals surface area contributed by atoms with E-state index in [1.165, 1.54) is 49.7 Å². The van der Waals surface area contributed by atoms with Crippen molar-refractivity contribution < 1.29 is 4.39 Å². The molecule has 0 N–H and O–H groups in total. The van der Waals surface area contributed by atoms with Crippen molar-refractivity contribution in [2.45, 2.75) is 85.0 Å². The second-order valence-electron chi connectivity index (χ2n) is 9.16. The van der Waals surface area contributed by atoms with Gasteiger partial charge in [-0.2, -0.15) is 0 Å². The Morgan fingerprint density at radius 3 is 2.25 bits per heavy atom. The van der Waals surface area contributed by atoms with Crippen molar-refractivity contribution >= 4 is 0 Å².